The van der Waals surface area contributed by atoms with E-state index in [0.29, 0.717) is 11.2 Å². The molecule has 0 unspecified atom stereocenters. The Labute approximate surface area is 196 Å². The number of hydrogen-bond donors (Lipinski definition) is 1. The molecule has 0 bridgehead atoms. The fraction of sp³-hybridized carbons (Fsp3) is 0.500. The second-order valence-corrected chi connectivity index (χ2v) is 8.86. The van der Waals surface area contributed by atoms with E-state index in [-0.39, 0.29) is 11.8 Å². The predicted octanol–water partition coefficient (Wildman–Crippen LogP) is 3.73. The van der Waals surface area contributed by atoms with Crippen molar-refractivity contribution in [1.82, 2.24) is 19.6 Å². The number of pyridine rings is 1. The normalized spacial score (nSPS) is 14.8. The zero-order valence-electron chi connectivity index (χ0n) is 20.0. The summed E-state index contributed by atoms with van der Waals surface area (Å²) in [5.41, 5.74) is 4.16. The van der Waals surface area contributed by atoms with E-state index in [1.807, 2.05) is 31.2 Å². The number of fused-ring (bicyclic) bond motifs is 3. The van der Waals surface area contributed by atoms with Crippen LogP contribution in [0.4, 0.5) is 5.82 Å². The maximum absolute atomic E-state index is 12.7. The topological polar surface area (TPSA) is 76.7 Å². The Balaban J connectivity index is 1.45. The molecule has 1 amide bonds. The summed E-state index contributed by atoms with van der Waals surface area (Å²) in [6, 6.07) is 12.4. The average molecular weight is 447 g/mol. The van der Waals surface area contributed by atoms with Crippen LogP contribution in [0.1, 0.15) is 44.2 Å². The summed E-state index contributed by atoms with van der Waals surface area (Å²) in [6.07, 6.45) is 2.65. The number of carbonyl (C=O) groups is 1. The number of amides is 1. The largest absolute Gasteiger partial charge is 0.358 e. The molecule has 2 aromatic heterocycles. The number of nitrogens with zero attached hydrogens (tertiary/aromatic N) is 5. The van der Waals surface area contributed by atoms with Crippen LogP contribution >= 0.6 is 0 Å². The Morgan fingerprint density at radius 1 is 1.24 bits per heavy atom. The first kappa shape index (κ1) is 23.1. The Bertz CT molecular complexity index is 1160. The number of piperidine rings is 1. The number of benzene rings is 1. The summed E-state index contributed by atoms with van der Waals surface area (Å²) in [4.78, 5) is 22.2. The number of aryl methyl sites for hydroxylation is 1. The monoisotopic (exact) mass is 446 g/mol. The van der Waals surface area contributed by atoms with Crippen molar-refractivity contribution in [2.24, 2.45) is 5.92 Å². The van der Waals surface area contributed by atoms with Gasteiger partial charge in [-0.25, -0.2) is 4.98 Å². The smallest absolute Gasteiger partial charge is 0.223 e. The molecule has 33 heavy (non-hydrogen) atoms. The van der Waals surface area contributed by atoms with E-state index in [2.05, 4.69) is 45.5 Å². The second kappa shape index (κ2) is 10.2. The van der Waals surface area contributed by atoms with E-state index in [4.69, 9.17) is 4.98 Å². The zero-order valence-corrected chi connectivity index (χ0v) is 20.0. The van der Waals surface area contributed by atoms with Gasteiger partial charge in [-0.1, -0.05) is 26.0 Å². The van der Waals surface area contributed by atoms with Gasteiger partial charge in [0.25, 0.3) is 0 Å². The van der Waals surface area contributed by atoms with Gasteiger partial charge in [0.1, 0.15) is 11.9 Å². The van der Waals surface area contributed by atoms with Gasteiger partial charge in [0, 0.05) is 25.6 Å². The fourth-order valence-corrected chi connectivity index (χ4v) is 4.87. The van der Waals surface area contributed by atoms with Crippen LogP contribution in [-0.4, -0.2) is 59.5 Å². The molecule has 1 aliphatic heterocycles. The Morgan fingerprint density at radius 3 is 2.67 bits per heavy atom. The van der Waals surface area contributed by atoms with Crippen LogP contribution in [0.5, 0.6) is 0 Å². The first-order valence-corrected chi connectivity index (χ1v) is 12.1. The number of anilines is 1. The van der Waals surface area contributed by atoms with E-state index in [1.54, 1.807) is 0 Å². The molecule has 1 fully saturated rings. The van der Waals surface area contributed by atoms with Gasteiger partial charge < -0.3 is 15.1 Å². The first-order chi connectivity index (χ1) is 16.1. The summed E-state index contributed by atoms with van der Waals surface area (Å²) >= 11 is 0. The number of rotatable bonds is 8. The lowest BCUT2D eigenvalue weighted by Crippen LogP contribution is -2.41. The molecule has 3 aromatic rings. The quantitative estimate of drug-likeness (QED) is 0.534. The van der Waals surface area contributed by atoms with Gasteiger partial charge in [-0.15, -0.1) is 0 Å². The van der Waals surface area contributed by atoms with E-state index in [9.17, 15) is 10.1 Å². The second-order valence-electron chi connectivity index (χ2n) is 8.86. The van der Waals surface area contributed by atoms with Crippen molar-refractivity contribution >= 4 is 28.4 Å². The molecule has 1 aliphatic rings. The van der Waals surface area contributed by atoms with Crippen molar-refractivity contribution in [1.29, 1.82) is 5.26 Å². The van der Waals surface area contributed by atoms with Crippen LogP contribution in [-0.2, 0) is 4.79 Å². The third-order valence-corrected chi connectivity index (χ3v) is 6.90. The van der Waals surface area contributed by atoms with Crippen LogP contribution in [0.3, 0.4) is 0 Å². The molecular formula is C26H34N6O. The molecule has 1 N–H and O–H groups in total. The lowest BCUT2D eigenvalue weighted by molar-refractivity contribution is -0.125. The van der Waals surface area contributed by atoms with Crippen LogP contribution in [0.25, 0.3) is 16.7 Å². The Morgan fingerprint density at radius 2 is 1.97 bits per heavy atom. The summed E-state index contributed by atoms with van der Waals surface area (Å²) < 4.78 is 2.11. The van der Waals surface area contributed by atoms with Gasteiger partial charge in [-0.2, -0.15) is 5.26 Å². The molecule has 0 aliphatic carbocycles. The number of nitrogens with one attached hydrogen (secondary N) is 1. The van der Waals surface area contributed by atoms with E-state index in [0.717, 1.165) is 80.9 Å². The number of nitriles is 1. The van der Waals surface area contributed by atoms with E-state index in [1.165, 1.54) is 0 Å². The third-order valence-electron chi connectivity index (χ3n) is 6.90. The molecule has 4 rings (SSSR count). The highest BCUT2D eigenvalue weighted by atomic mass is 16.1. The maximum Gasteiger partial charge on any atom is 0.223 e. The predicted molar refractivity (Wildman–Crippen MR) is 133 cm³/mol. The summed E-state index contributed by atoms with van der Waals surface area (Å²) in [6.45, 7) is 11.8. The lowest BCUT2D eigenvalue weighted by atomic mass is 9.95. The SMILES string of the molecule is CCN(CC)CCCNC(=O)C1CCN(c2cc(C)c(C#N)c3nc4ccccc4n23)CC1. The molecule has 3 heterocycles. The molecule has 1 saturated heterocycles. The summed E-state index contributed by atoms with van der Waals surface area (Å²) in [7, 11) is 0. The van der Waals surface area contributed by atoms with Crippen molar-refractivity contribution in [3.8, 4) is 6.07 Å². The van der Waals surface area contributed by atoms with Crippen molar-refractivity contribution in [2.75, 3.05) is 44.2 Å². The van der Waals surface area contributed by atoms with Gasteiger partial charge in [-0.3, -0.25) is 9.20 Å². The van der Waals surface area contributed by atoms with Crippen LogP contribution in [0.15, 0.2) is 30.3 Å². The molecule has 0 saturated carbocycles. The van der Waals surface area contributed by atoms with Crippen LogP contribution in [0.2, 0.25) is 0 Å². The van der Waals surface area contributed by atoms with Gasteiger partial charge in [-0.05, 0) is 69.6 Å². The molecule has 7 heteroatoms. The highest BCUT2D eigenvalue weighted by Gasteiger charge is 2.27. The van der Waals surface area contributed by atoms with Crippen molar-refractivity contribution in [3.63, 3.8) is 0 Å². The average Bonchev–Trinajstić information content (AvgIpc) is 3.23. The highest BCUT2D eigenvalue weighted by Crippen LogP contribution is 2.31. The van der Waals surface area contributed by atoms with Gasteiger partial charge in [0.05, 0.1) is 16.6 Å². The molecule has 1 aromatic carbocycles. The summed E-state index contributed by atoms with van der Waals surface area (Å²) in [5, 5.41) is 12.9. The standard InChI is InChI=1S/C26H34N6O/c1-4-30(5-2)14-8-13-28-26(33)20-11-15-31(16-12-20)24-17-19(3)21(18-27)25-29-22-9-6-7-10-23(22)32(24)25/h6-7,9-10,17,20H,4-5,8,11-16H2,1-3H3,(H,28,33). The number of carbonyl (C=O) groups excluding carboxylic acids is 1. The van der Waals surface area contributed by atoms with Crippen molar-refractivity contribution in [2.45, 2.75) is 40.0 Å². The fourth-order valence-electron chi connectivity index (χ4n) is 4.87. The van der Waals surface area contributed by atoms with Crippen LogP contribution < -0.4 is 10.2 Å². The zero-order chi connectivity index (χ0) is 23.4. The number of aromatic nitrogens is 2. The van der Waals surface area contributed by atoms with Crippen LogP contribution in [0, 0.1) is 24.2 Å². The molecule has 0 radical (unpaired) electrons. The number of para-hydroxylation sites is 2. The summed E-state index contributed by atoms with van der Waals surface area (Å²) in [5.74, 6) is 1.29. The minimum absolute atomic E-state index is 0.0594. The minimum atomic E-state index is 0.0594. The molecular weight excluding hydrogens is 412 g/mol. The molecule has 0 spiro atoms. The number of imidazole rings is 1. The van der Waals surface area contributed by atoms with Gasteiger partial charge >= 0.3 is 0 Å². The Hall–Kier alpha value is -3.11. The van der Waals surface area contributed by atoms with Gasteiger partial charge in [0.2, 0.25) is 5.91 Å². The molecule has 7 nitrogen and oxygen atoms in total. The van der Waals surface area contributed by atoms with E-state index < -0.39 is 0 Å². The Kier molecular flexibility index (Phi) is 7.14. The highest BCUT2D eigenvalue weighted by molar-refractivity contribution is 5.85. The first-order valence-electron chi connectivity index (χ1n) is 12.1. The maximum atomic E-state index is 12.7. The lowest BCUT2D eigenvalue weighted by Gasteiger charge is -2.33. The van der Waals surface area contributed by atoms with Gasteiger partial charge in [0.15, 0.2) is 5.65 Å². The molecule has 0 atom stereocenters. The molecule has 174 valence electrons. The number of hydrogen-bond acceptors (Lipinski definition) is 5. The third kappa shape index (κ3) is 4.67. The van der Waals surface area contributed by atoms with Crippen molar-refractivity contribution in [3.05, 3.63) is 41.5 Å². The van der Waals surface area contributed by atoms with E-state index >= 15 is 0 Å². The minimum Gasteiger partial charge on any atom is -0.358 e. The van der Waals surface area contributed by atoms with Crippen molar-refractivity contribution < 1.29 is 4.79 Å².